The minimum Gasteiger partial charge on any atom is -0.336 e. The lowest BCUT2D eigenvalue weighted by Crippen LogP contribution is -2.35. The van der Waals surface area contributed by atoms with Crippen molar-refractivity contribution in [2.24, 2.45) is 0 Å². The first-order valence-electron chi connectivity index (χ1n) is 7.39. The number of nitrogens with zero attached hydrogens (tertiary/aromatic N) is 3. The largest absolute Gasteiger partial charge is 0.336 e. The Morgan fingerprint density at radius 3 is 2.67 bits per heavy atom. The predicted octanol–water partition coefficient (Wildman–Crippen LogP) is 2.85. The van der Waals surface area contributed by atoms with Gasteiger partial charge in [-0.1, -0.05) is 23.2 Å². The van der Waals surface area contributed by atoms with E-state index in [1.54, 1.807) is 36.1 Å². The van der Waals surface area contributed by atoms with Crippen LogP contribution in [0, 0.1) is 0 Å². The molecule has 2 aromatic rings. The Morgan fingerprint density at radius 1 is 1.29 bits per heavy atom. The van der Waals surface area contributed by atoms with Crippen molar-refractivity contribution in [3.05, 3.63) is 46.2 Å². The minimum atomic E-state index is -0.312. The van der Waals surface area contributed by atoms with Crippen molar-refractivity contribution in [1.29, 1.82) is 0 Å². The maximum atomic E-state index is 12.2. The van der Waals surface area contributed by atoms with E-state index >= 15 is 0 Å². The van der Waals surface area contributed by atoms with Crippen LogP contribution in [0.25, 0.3) is 0 Å². The van der Waals surface area contributed by atoms with Gasteiger partial charge in [0, 0.05) is 25.5 Å². The molecule has 128 valence electrons. The highest BCUT2D eigenvalue weighted by Gasteiger charge is 2.15. The van der Waals surface area contributed by atoms with Crippen LogP contribution in [-0.2, 0) is 22.6 Å². The number of aromatic nitrogens is 2. The van der Waals surface area contributed by atoms with Gasteiger partial charge in [0.1, 0.15) is 0 Å². The molecule has 1 aromatic heterocycles. The SMILES string of the molecule is CCn1cc(CC(=O)N(C)CC(=O)Nc2ccc(Cl)c(Cl)c2)cn1. The molecule has 0 unspecified atom stereocenters. The second-order valence-electron chi connectivity index (χ2n) is 5.31. The first kappa shape index (κ1) is 18.3. The van der Waals surface area contributed by atoms with E-state index in [9.17, 15) is 9.59 Å². The predicted molar refractivity (Wildman–Crippen MR) is 94.3 cm³/mol. The summed E-state index contributed by atoms with van der Waals surface area (Å²) in [6.07, 6.45) is 3.68. The molecule has 0 atom stereocenters. The highest BCUT2D eigenvalue weighted by Crippen LogP contribution is 2.24. The number of hydrogen-bond donors (Lipinski definition) is 1. The van der Waals surface area contributed by atoms with Gasteiger partial charge in [0.15, 0.2) is 0 Å². The molecule has 0 aliphatic rings. The van der Waals surface area contributed by atoms with Crippen LogP contribution in [0.4, 0.5) is 5.69 Å². The molecule has 0 spiro atoms. The zero-order chi connectivity index (χ0) is 17.7. The summed E-state index contributed by atoms with van der Waals surface area (Å²) >= 11 is 11.7. The van der Waals surface area contributed by atoms with Gasteiger partial charge in [0.2, 0.25) is 11.8 Å². The van der Waals surface area contributed by atoms with E-state index in [0.29, 0.717) is 15.7 Å². The van der Waals surface area contributed by atoms with Crippen LogP contribution in [0.3, 0.4) is 0 Å². The van der Waals surface area contributed by atoms with Gasteiger partial charge in [-0.3, -0.25) is 14.3 Å². The molecule has 0 bridgehead atoms. The molecule has 0 saturated carbocycles. The molecule has 1 N–H and O–H groups in total. The number of rotatable bonds is 6. The standard InChI is InChI=1S/C16H18Cl2N4O2/c1-3-22-9-11(8-19-22)6-16(24)21(2)10-15(23)20-12-4-5-13(17)14(18)7-12/h4-5,7-9H,3,6,10H2,1-2H3,(H,20,23). The third-order valence-corrected chi connectivity index (χ3v) is 4.11. The van der Waals surface area contributed by atoms with Gasteiger partial charge in [0.05, 0.1) is 29.2 Å². The summed E-state index contributed by atoms with van der Waals surface area (Å²) in [5.41, 5.74) is 1.35. The Hall–Kier alpha value is -2.05. The molecule has 0 fully saturated rings. The fourth-order valence-corrected chi connectivity index (χ4v) is 2.36. The van der Waals surface area contributed by atoms with E-state index in [2.05, 4.69) is 10.4 Å². The lowest BCUT2D eigenvalue weighted by molar-refractivity contribution is -0.132. The van der Waals surface area contributed by atoms with Gasteiger partial charge in [-0.15, -0.1) is 0 Å². The van der Waals surface area contributed by atoms with Crippen LogP contribution in [-0.4, -0.2) is 40.1 Å². The Kier molecular flexibility index (Phi) is 6.23. The molecule has 6 nitrogen and oxygen atoms in total. The molecule has 24 heavy (non-hydrogen) atoms. The average molecular weight is 369 g/mol. The third-order valence-electron chi connectivity index (χ3n) is 3.38. The molecule has 2 amide bonds. The van der Waals surface area contributed by atoms with Crippen molar-refractivity contribution in [3.63, 3.8) is 0 Å². The molecular formula is C16H18Cl2N4O2. The lowest BCUT2D eigenvalue weighted by atomic mass is 10.2. The second kappa shape index (κ2) is 8.17. The topological polar surface area (TPSA) is 67.2 Å². The molecular weight excluding hydrogens is 351 g/mol. The molecule has 8 heteroatoms. The maximum Gasteiger partial charge on any atom is 0.243 e. The number of aryl methyl sites for hydroxylation is 1. The first-order chi connectivity index (χ1) is 11.4. The number of carbonyl (C=O) groups is 2. The van der Waals surface area contributed by atoms with E-state index in [0.717, 1.165) is 12.1 Å². The number of likely N-dealkylation sites (N-methyl/N-ethyl adjacent to an activating group) is 1. The highest BCUT2D eigenvalue weighted by atomic mass is 35.5. The Morgan fingerprint density at radius 2 is 2.04 bits per heavy atom. The van der Waals surface area contributed by atoms with Crippen LogP contribution in [0.5, 0.6) is 0 Å². The molecule has 0 aliphatic carbocycles. The van der Waals surface area contributed by atoms with E-state index in [1.165, 1.54) is 4.90 Å². The van der Waals surface area contributed by atoms with Crippen LogP contribution >= 0.6 is 23.2 Å². The number of hydrogen-bond acceptors (Lipinski definition) is 3. The summed E-state index contributed by atoms with van der Waals surface area (Å²) in [5, 5.41) is 7.57. The number of anilines is 1. The van der Waals surface area contributed by atoms with Gasteiger partial charge in [0.25, 0.3) is 0 Å². The Bertz CT molecular complexity index is 745. The van der Waals surface area contributed by atoms with Crippen LogP contribution in [0.1, 0.15) is 12.5 Å². The number of nitrogens with one attached hydrogen (secondary N) is 1. The van der Waals surface area contributed by atoms with E-state index < -0.39 is 0 Å². The lowest BCUT2D eigenvalue weighted by Gasteiger charge is -2.16. The van der Waals surface area contributed by atoms with E-state index in [4.69, 9.17) is 23.2 Å². The summed E-state index contributed by atoms with van der Waals surface area (Å²) < 4.78 is 1.75. The highest BCUT2D eigenvalue weighted by molar-refractivity contribution is 6.42. The van der Waals surface area contributed by atoms with Gasteiger partial charge >= 0.3 is 0 Å². The summed E-state index contributed by atoms with van der Waals surface area (Å²) in [6, 6.07) is 4.80. The second-order valence-corrected chi connectivity index (χ2v) is 6.12. The molecule has 1 heterocycles. The molecule has 0 aliphatic heterocycles. The normalized spacial score (nSPS) is 10.5. The van der Waals surface area contributed by atoms with Crippen molar-refractivity contribution in [2.45, 2.75) is 19.9 Å². The van der Waals surface area contributed by atoms with Gasteiger partial charge in [-0.05, 0) is 30.7 Å². The number of amides is 2. The molecule has 0 saturated heterocycles. The number of halogens is 2. The number of carbonyl (C=O) groups excluding carboxylic acids is 2. The van der Waals surface area contributed by atoms with Gasteiger partial charge < -0.3 is 10.2 Å². The van der Waals surface area contributed by atoms with Crippen molar-refractivity contribution in [2.75, 3.05) is 18.9 Å². The van der Waals surface area contributed by atoms with Crippen molar-refractivity contribution >= 4 is 40.7 Å². The molecule has 0 radical (unpaired) electrons. The first-order valence-corrected chi connectivity index (χ1v) is 8.14. The van der Waals surface area contributed by atoms with Crippen molar-refractivity contribution in [1.82, 2.24) is 14.7 Å². The smallest absolute Gasteiger partial charge is 0.243 e. The zero-order valence-electron chi connectivity index (χ0n) is 13.4. The Balaban J connectivity index is 1.87. The number of benzene rings is 1. The fraction of sp³-hybridized carbons (Fsp3) is 0.312. The minimum absolute atomic E-state index is 0.0546. The quantitative estimate of drug-likeness (QED) is 0.852. The van der Waals surface area contributed by atoms with Gasteiger partial charge in [-0.25, -0.2) is 0 Å². The van der Waals surface area contributed by atoms with Gasteiger partial charge in [-0.2, -0.15) is 5.10 Å². The monoisotopic (exact) mass is 368 g/mol. The average Bonchev–Trinajstić information content (AvgIpc) is 2.98. The van der Waals surface area contributed by atoms with Crippen molar-refractivity contribution < 1.29 is 9.59 Å². The maximum absolute atomic E-state index is 12.2. The zero-order valence-corrected chi connectivity index (χ0v) is 14.9. The van der Waals surface area contributed by atoms with Crippen LogP contribution < -0.4 is 5.32 Å². The molecule has 1 aromatic carbocycles. The van der Waals surface area contributed by atoms with Crippen LogP contribution in [0.15, 0.2) is 30.6 Å². The molecule has 2 rings (SSSR count). The summed E-state index contributed by atoms with van der Waals surface area (Å²) in [7, 11) is 1.58. The van der Waals surface area contributed by atoms with Crippen molar-refractivity contribution in [3.8, 4) is 0 Å². The third kappa shape index (κ3) is 4.97. The fourth-order valence-electron chi connectivity index (χ4n) is 2.06. The summed E-state index contributed by atoms with van der Waals surface area (Å²) in [5.74, 6) is -0.469. The van der Waals surface area contributed by atoms with E-state index in [1.807, 2.05) is 13.1 Å². The summed E-state index contributed by atoms with van der Waals surface area (Å²) in [4.78, 5) is 25.6. The van der Waals surface area contributed by atoms with E-state index in [-0.39, 0.29) is 24.8 Å². The Labute approximate surface area is 150 Å². The summed E-state index contributed by atoms with van der Waals surface area (Å²) in [6.45, 7) is 2.66. The van der Waals surface area contributed by atoms with Crippen LogP contribution in [0.2, 0.25) is 10.0 Å².